The van der Waals surface area contributed by atoms with Crippen LogP contribution in [-0.2, 0) is 6.54 Å². The molecule has 0 radical (unpaired) electrons. The van der Waals surface area contributed by atoms with Crippen LogP contribution in [0.15, 0.2) is 77.0 Å². The third-order valence-corrected chi connectivity index (χ3v) is 4.95. The summed E-state index contributed by atoms with van der Waals surface area (Å²) in [6.07, 6.45) is 4.26. The summed E-state index contributed by atoms with van der Waals surface area (Å²) in [6.45, 7) is 3.14. The minimum Gasteiger partial charge on any atom is -0.320 e. The fourth-order valence-corrected chi connectivity index (χ4v) is 3.46. The van der Waals surface area contributed by atoms with Gasteiger partial charge in [-0.05, 0) is 48.4 Å². The number of nitrogens with zero attached hydrogens (tertiary/aromatic N) is 4. The summed E-state index contributed by atoms with van der Waals surface area (Å²) in [7, 11) is 0. The van der Waals surface area contributed by atoms with Gasteiger partial charge in [-0.1, -0.05) is 36.9 Å². The molecule has 0 fully saturated rings. The molecule has 0 aliphatic carbocycles. The van der Waals surface area contributed by atoms with Crippen molar-refractivity contribution in [3.8, 4) is 6.07 Å². The van der Waals surface area contributed by atoms with Crippen molar-refractivity contribution in [3.63, 3.8) is 0 Å². The molecule has 3 aromatic rings. The first-order valence-corrected chi connectivity index (χ1v) is 10.1. The van der Waals surface area contributed by atoms with E-state index >= 15 is 0 Å². The van der Waals surface area contributed by atoms with Crippen molar-refractivity contribution in [1.29, 1.82) is 5.26 Å². The van der Waals surface area contributed by atoms with Crippen molar-refractivity contribution < 1.29 is 4.79 Å². The van der Waals surface area contributed by atoms with Crippen molar-refractivity contribution in [2.24, 2.45) is 0 Å². The highest BCUT2D eigenvalue weighted by molar-refractivity contribution is 7.99. The summed E-state index contributed by atoms with van der Waals surface area (Å²) in [5.74, 6) is 0. The van der Waals surface area contributed by atoms with Crippen molar-refractivity contribution in [3.05, 3.63) is 78.1 Å². The van der Waals surface area contributed by atoms with E-state index in [1.807, 2.05) is 43.3 Å². The van der Waals surface area contributed by atoms with Gasteiger partial charge in [0, 0.05) is 31.2 Å². The Bertz CT molecular complexity index is 986. The molecule has 2 amide bonds. The van der Waals surface area contributed by atoms with Crippen LogP contribution in [0.2, 0.25) is 0 Å². The predicted octanol–water partition coefficient (Wildman–Crippen LogP) is 4.94. The standard InChI is InChI=1S/C22H21N5OS/c1-2-13-27(16-18-8-6-17(15-23)7-9-18)22(28)26-19-10-12-25-21(14-19)29-20-5-3-4-11-24-20/h3-12,14H,2,13,16H2,1H3,(H,25,26,28). The molecule has 7 heteroatoms. The number of benzene rings is 1. The van der Waals surface area contributed by atoms with Crippen LogP contribution in [-0.4, -0.2) is 27.4 Å². The number of aromatic nitrogens is 2. The summed E-state index contributed by atoms with van der Waals surface area (Å²) in [4.78, 5) is 23.2. The van der Waals surface area contributed by atoms with E-state index in [-0.39, 0.29) is 6.03 Å². The number of urea groups is 1. The van der Waals surface area contributed by atoms with Crippen molar-refractivity contribution >= 4 is 23.5 Å². The topological polar surface area (TPSA) is 81.9 Å². The third-order valence-electron chi connectivity index (χ3n) is 4.07. The fraction of sp³-hybridized carbons (Fsp3) is 0.182. The molecule has 0 atom stereocenters. The molecule has 1 N–H and O–H groups in total. The molecule has 2 heterocycles. The number of nitriles is 1. The minimum atomic E-state index is -0.170. The summed E-state index contributed by atoms with van der Waals surface area (Å²) < 4.78 is 0. The van der Waals surface area contributed by atoms with Crippen LogP contribution in [0.4, 0.5) is 10.5 Å². The normalized spacial score (nSPS) is 10.2. The molecular formula is C22H21N5OS. The molecular weight excluding hydrogens is 382 g/mol. The van der Waals surface area contributed by atoms with Crippen molar-refractivity contribution in [2.45, 2.75) is 29.9 Å². The van der Waals surface area contributed by atoms with E-state index in [9.17, 15) is 4.79 Å². The van der Waals surface area contributed by atoms with Gasteiger partial charge in [0.05, 0.1) is 11.6 Å². The number of hydrogen-bond acceptors (Lipinski definition) is 5. The average Bonchev–Trinajstić information content (AvgIpc) is 2.75. The molecule has 0 unspecified atom stereocenters. The first-order chi connectivity index (χ1) is 14.2. The molecule has 0 saturated carbocycles. The summed E-state index contributed by atoms with van der Waals surface area (Å²) >= 11 is 1.44. The number of amides is 2. The van der Waals surface area contributed by atoms with Gasteiger partial charge < -0.3 is 10.2 Å². The van der Waals surface area contributed by atoms with E-state index in [0.29, 0.717) is 24.3 Å². The van der Waals surface area contributed by atoms with Crippen molar-refractivity contribution in [1.82, 2.24) is 14.9 Å². The zero-order chi connectivity index (χ0) is 20.5. The average molecular weight is 404 g/mol. The van der Waals surface area contributed by atoms with Gasteiger partial charge in [-0.2, -0.15) is 5.26 Å². The number of anilines is 1. The van der Waals surface area contributed by atoms with E-state index < -0.39 is 0 Å². The monoisotopic (exact) mass is 403 g/mol. The molecule has 6 nitrogen and oxygen atoms in total. The second kappa shape index (κ2) is 10.2. The Hall–Kier alpha value is -3.37. The maximum absolute atomic E-state index is 12.8. The van der Waals surface area contributed by atoms with Gasteiger partial charge in [-0.15, -0.1) is 0 Å². The molecule has 29 heavy (non-hydrogen) atoms. The Morgan fingerprint density at radius 3 is 2.59 bits per heavy atom. The number of hydrogen-bond donors (Lipinski definition) is 1. The molecule has 3 rings (SSSR count). The number of pyridine rings is 2. The van der Waals surface area contributed by atoms with Gasteiger partial charge in [0.25, 0.3) is 0 Å². The predicted molar refractivity (Wildman–Crippen MR) is 113 cm³/mol. The lowest BCUT2D eigenvalue weighted by atomic mass is 10.1. The van der Waals surface area contributed by atoms with Crippen LogP contribution in [0, 0.1) is 11.3 Å². The first-order valence-electron chi connectivity index (χ1n) is 9.28. The van der Waals surface area contributed by atoms with Gasteiger partial charge in [-0.25, -0.2) is 14.8 Å². The SMILES string of the molecule is CCCN(Cc1ccc(C#N)cc1)C(=O)Nc1ccnc(Sc2ccccn2)c1. The fourth-order valence-electron chi connectivity index (χ4n) is 2.69. The Morgan fingerprint density at radius 1 is 1.10 bits per heavy atom. The summed E-state index contributed by atoms with van der Waals surface area (Å²) in [5, 5.41) is 13.5. The molecule has 146 valence electrons. The number of nitrogens with one attached hydrogen (secondary N) is 1. The molecule has 0 bridgehead atoms. The van der Waals surface area contributed by atoms with E-state index in [4.69, 9.17) is 5.26 Å². The lowest BCUT2D eigenvalue weighted by molar-refractivity contribution is 0.209. The summed E-state index contributed by atoms with van der Waals surface area (Å²) in [6, 6.07) is 18.5. The van der Waals surface area contributed by atoms with E-state index in [1.54, 1.807) is 35.5 Å². The number of carbonyl (C=O) groups excluding carboxylic acids is 1. The first kappa shape index (κ1) is 20.4. The van der Waals surface area contributed by atoms with Crippen LogP contribution in [0.25, 0.3) is 0 Å². The molecule has 2 aromatic heterocycles. The number of rotatable bonds is 7. The van der Waals surface area contributed by atoms with Gasteiger partial charge in [0.2, 0.25) is 0 Å². The summed E-state index contributed by atoms with van der Waals surface area (Å²) in [5.41, 5.74) is 2.27. The Labute approximate surface area is 174 Å². The second-order valence-electron chi connectivity index (χ2n) is 6.31. The smallest absolute Gasteiger partial charge is 0.320 e. The Balaban J connectivity index is 1.67. The molecule has 0 aliphatic heterocycles. The zero-order valence-corrected chi connectivity index (χ0v) is 16.9. The lowest BCUT2D eigenvalue weighted by Gasteiger charge is -2.23. The van der Waals surface area contributed by atoms with Crippen LogP contribution >= 0.6 is 11.8 Å². The van der Waals surface area contributed by atoms with Crippen LogP contribution in [0.1, 0.15) is 24.5 Å². The van der Waals surface area contributed by atoms with Crippen LogP contribution in [0.5, 0.6) is 0 Å². The van der Waals surface area contributed by atoms with Crippen molar-refractivity contribution in [2.75, 3.05) is 11.9 Å². The van der Waals surface area contributed by atoms with Crippen LogP contribution < -0.4 is 5.32 Å². The van der Waals surface area contributed by atoms with Gasteiger partial charge in [-0.3, -0.25) is 0 Å². The van der Waals surface area contributed by atoms with E-state index in [1.165, 1.54) is 11.8 Å². The highest BCUT2D eigenvalue weighted by Gasteiger charge is 2.14. The Kier molecular flexibility index (Phi) is 7.20. The zero-order valence-electron chi connectivity index (χ0n) is 16.1. The lowest BCUT2D eigenvalue weighted by Crippen LogP contribution is -2.35. The van der Waals surface area contributed by atoms with Gasteiger partial charge in [0.15, 0.2) is 0 Å². The maximum atomic E-state index is 12.8. The molecule has 0 spiro atoms. The second-order valence-corrected chi connectivity index (χ2v) is 7.35. The minimum absolute atomic E-state index is 0.170. The Morgan fingerprint density at radius 2 is 1.90 bits per heavy atom. The quantitative estimate of drug-likeness (QED) is 0.604. The third kappa shape index (κ3) is 6.06. The molecule has 1 aromatic carbocycles. The molecule has 0 aliphatic rings. The highest BCUT2D eigenvalue weighted by atomic mass is 32.2. The van der Waals surface area contributed by atoms with Crippen LogP contribution in [0.3, 0.4) is 0 Å². The van der Waals surface area contributed by atoms with Gasteiger partial charge >= 0.3 is 6.03 Å². The maximum Gasteiger partial charge on any atom is 0.322 e. The largest absolute Gasteiger partial charge is 0.322 e. The van der Waals surface area contributed by atoms with Gasteiger partial charge in [0.1, 0.15) is 10.1 Å². The molecule has 0 saturated heterocycles. The highest BCUT2D eigenvalue weighted by Crippen LogP contribution is 2.25. The van der Waals surface area contributed by atoms with E-state index in [2.05, 4.69) is 21.4 Å². The number of carbonyl (C=O) groups is 1. The van der Waals surface area contributed by atoms with E-state index in [0.717, 1.165) is 22.0 Å².